The van der Waals surface area contributed by atoms with E-state index in [9.17, 15) is 43.2 Å². The van der Waals surface area contributed by atoms with Crippen LogP contribution in [0, 0.1) is 17.8 Å². The fourth-order valence-corrected chi connectivity index (χ4v) is 15.8. The quantitative estimate of drug-likeness (QED) is 0.0222. The number of carbonyl (C=O) groups is 4. The zero-order valence-electron chi connectivity index (χ0n) is 72.7. The highest BCUT2D eigenvalue weighted by molar-refractivity contribution is 7.47. The predicted octanol–water partition coefficient (Wildman–Crippen LogP) is 28.0. The van der Waals surface area contributed by atoms with Gasteiger partial charge in [-0.1, -0.05) is 434 Å². The molecule has 0 bridgehead atoms. The van der Waals surface area contributed by atoms with Gasteiger partial charge in [-0.05, 0) is 43.4 Å². The number of unbranched alkanes of at least 4 members (excludes halogenated alkanes) is 55. The summed E-state index contributed by atoms with van der Waals surface area (Å²) in [6, 6.07) is 0. The molecule has 0 spiro atoms. The lowest BCUT2D eigenvalue weighted by Gasteiger charge is -2.21. The minimum atomic E-state index is -4.97. The molecule has 654 valence electrons. The van der Waals surface area contributed by atoms with E-state index in [0.29, 0.717) is 25.7 Å². The molecule has 0 aromatic rings. The average Bonchev–Trinajstić information content (AvgIpc) is 0.896. The van der Waals surface area contributed by atoms with Gasteiger partial charge >= 0.3 is 39.5 Å². The van der Waals surface area contributed by atoms with E-state index in [2.05, 4.69) is 48.5 Å². The Kier molecular flexibility index (Phi) is 79.4. The summed E-state index contributed by atoms with van der Waals surface area (Å²) < 4.78 is 69.1. The van der Waals surface area contributed by atoms with E-state index in [-0.39, 0.29) is 25.7 Å². The Morgan fingerprint density at radius 1 is 0.264 bits per heavy atom. The third-order valence-corrected chi connectivity index (χ3v) is 24.0. The van der Waals surface area contributed by atoms with Gasteiger partial charge in [-0.3, -0.25) is 37.3 Å². The molecule has 4 unspecified atom stereocenters. The van der Waals surface area contributed by atoms with Crippen molar-refractivity contribution in [3.05, 3.63) is 0 Å². The summed E-state index contributed by atoms with van der Waals surface area (Å²) in [5, 5.41) is 10.7. The van der Waals surface area contributed by atoms with Crippen LogP contribution in [0.2, 0.25) is 0 Å². The van der Waals surface area contributed by atoms with Gasteiger partial charge in [-0.2, -0.15) is 0 Å². The van der Waals surface area contributed by atoms with Gasteiger partial charge in [0.15, 0.2) is 12.2 Å². The molecule has 0 saturated heterocycles. The van der Waals surface area contributed by atoms with E-state index in [1.54, 1.807) is 0 Å². The highest BCUT2D eigenvalue weighted by Gasteiger charge is 2.31. The molecule has 7 atom stereocenters. The second-order valence-corrected chi connectivity index (χ2v) is 36.6. The highest BCUT2D eigenvalue weighted by atomic mass is 31.2. The molecule has 0 rings (SSSR count). The molecule has 0 saturated carbocycles. The zero-order chi connectivity index (χ0) is 80.8. The summed E-state index contributed by atoms with van der Waals surface area (Å²) >= 11 is 0. The number of hydrogen-bond acceptors (Lipinski definition) is 15. The lowest BCUT2D eigenvalue weighted by Crippen LogP contribution is -2.30. The second-order valence-electron chi connectivity index (χ2n) is 33.7. The van der Waals surface area contributed by atoms with Crippen molar-refractivity contribution in [2.45, 2.75) is 503 Å². The number of ether oxygens (including phenoxy) is 4. The van der Waals surface area contributed by atoms with Crippen molar-refractivity contribution >= 4 is 39.5 Å². The van der Waals surface area contributed by atoms with Gasteiger partial charge in [0.05, 0.1) is 26.4 Å². The molecule has 0 aliphatic heterocycles. The van der Waals surface area contributed by atoms with Crippen LogP contribution < -0.4 is 0 Å². The summed E-state index contributed by atoms with van der Waals surface area (Å²) in [4.78, 5) is 73.4. The van der Waals surface area contributed by atoms with Crippen LogP contribution >= 0.6 is 15.6 Å². The van der Waals surface area contributed by atoms with Gasteiger partial charge in [-0.15, -0.1) is 0 Å². The van der Waals surface area contributed by atoms with Crippen LogP contribution in [0.3, 0.4) is 0 Å². The molecule has 0 radical (unpaired) electrons. The predicted molar refractivity (Wildman–Crippen MR) is 455 cm³/mol. The van der Waals surface area contributed by atoms with E-state index < -0.39 is 97.5 Å². The first kappa shape index (κ1) is 108. The van der Waals surface area contributed by atoms with Crippen LogP contribution in [-0.4, -0.2) is 96.7 Å². The standard InChI is InChI=1S/C91H178O17P2/c1-8-11-12-13-14-15-16-17-18-19-23-28-34-39-44-53-60-67-75-91(96)108-87(79-102-89(94)73-66-59-52-47-46-50-57-64-71-84(7)10-3)81-106-110(99,100)104-77-85(92)76-103-109(97,98)105-80-86(78-101-88(93)72-65-58-51-43-38-33-30-25-26-31-36-41-48-55-62-69-82(4)5)107-90(95)74-68-61-54-45-40-35-29-24-21-20-22-27-32-37-42-49-56-63-70-83(6)9-2/h82-87,92H,8-81H2,1-7H3,(H,97,98)(H,99,100)/t83?,84?,85-,86-,87-/m1/s1. The van der Waals surface area contributed by atoms with Crippen LogP contribution in [0.4, 0.5) is 0 Å². The largest absolute Gasteiger partial charge is 0.472 e. The number of hydrogen-bond donors (Lipinski definition) is 3. The van der Waals surface area contributed by atoms with Gasteiger partial charge in [0.1, 0.15) is 19.3 Å². The summed E-state index contributed by atoms with van der Waals surface area (Å²) in [6.07, 6.45) is 73.5. The first-order valence-electron chi connectivity index (χ1n) is 46.9. The Bertz CT molecular complexity index is 2120. The molecular weight excluding hydrogens is 1430 g/mol. The number of aliphatic hydroxyl groups excluding tert-OH is 1. The number of phosphoric acid groups is 2. The van der Waals surface area contributed by atoms with Crippen LogP contribution in [0.1, 0.15) is 485 Å². The number of rotatable bonds is 89. The molecule has 0 amide bonds. The van der Waals surface area contributed by atoms with Crippen molar-refractivity contribution in [1.29, 1.82) is 0 Å². The van der Waals surface area contributed by atoms with Gasteiger partial charge in [0.25, 0.3) is 0 Å². The Hall–Kier alpha value is -1.94. The normalized spacial score (nSPS) is 14.3. The Labute approximate surface area is 677 Å². The van der Waals surface area contributed by atoms with E-state index in [0.717, 1.165) is 108 Å². The topological polar surface area (TPSA) is 237 Å². The lowest BCUT2D eigenvalue weighted by molar-refractivity contribution is -0.161. The fraction of sp³-hybridized carbons (Fsp3) is 0.956. The van der Waals surface area contributed by atoms with Crippen molar-refractivity contribution in [2.75, 3.05) is 39.6 Å². The molecular formula is C91H178O17P2. The molecule has 3 N–H and O–H groups in total. The van der Waals surface area contributed by atoms with E-state index >= 15 is 0 Å². The molecule has 110 heavy (non-hydrogen) atoms. The third kappa shape index (κ3) is 81.2. The first-order chi connectivity index (χ1) is 53.3. The highest BCUT2D eigenvalue weighted by Crippen LogP contribution is 2.45. The second kappa shape index (κ2) is 80.8. The molecule has 0 aromatic carbocycles. The minimum absolute atomic E-state index is 0.108. The van der Waals surface area contributed by atoms with Crippen molar-refractivity contribution in [1.82, 2.24) is 0 Å². The molecule has 0 aliphatic rings. The Balaban J connectivity index is 5.25. The first-order valence-corrected chi connectivity index (χ1v) is 49.9. The smallest absolute Gasteiger partial charge is 0.462 e. The van der Waals surface area contributed by atoms with Gasteiger partial charge in [-0.25, -0.2) is 9.13 Å². The Morgan fingerprint density at radius 3 is 0.691 bits per heavy atom. The number of phosphoric ester groups is 2. The van der Waals surface area contributed by atoms with Crippen LogP contribution in [0.5, 0.6) is 0 Å². The van der Waals surface area contributed by atoms with Crippen LogP contribution in [0.15, 0.2) is 0 Å². The number of esters is 4. The summed E-state index contributed by atoms with van der Waals surface area (Å²) in [5.74, 6) is 0.357. The Morgan fingerprint density at radius 2 is 0.464 bits per heavy atom. The van der Waals surface area contributed by atoms with Crippen molar-refractivity contribution in [3.8, 4) is 0 Å². The molecule has 0 aliphatic carbocycles. The zero-order valence-corrected chi connectivity index (χ0v) is 74.5. The SMILES string of the molecule is CCCCCCCCCCCCCCCCCCCCC(=O)O[C@H](COC(=O)CCCCCCCCCCC(C)CC)COP(=O)(O)OC[C@H](O)COP(=O)(O)OC[C@@H](COC(=O)CCCCCCCCCCCCCCCCCC(C)C)OC(=O)CCCCCCCCCCCCCCCCCCCCC(C)CC. The minimum Gasteiger partial charge on any atom is -0.462 e. The number of carbonyl (C=O) groups excluding carboxylic acids is 4. The molecule has 0 aromatic heterocycles. The van der Waals surface area contributed by atoms with E-state index in [1.807, 2.05) is 0 Å². The lowest BCUT2D eigenvalue weighted by atomic mass is 9.99. The number of aliphatic hydroxyl groups is 1. The maximum Gasteiger partial charge on any atom is 0.472 e. The summed E-state index contributed by atoms with van der Waals surface area (Å²) in [7, 11) is -9.94. The van der Waals surface area contributed by atoms with Crippen LogP contribution in [-0.2, 0) is 65.4 Å². The van der Waals surface area contributed by atoms with Gasteiger partial charge < -0.3 is 33.8 Å². The molecule has 0 fully saturated rings. The third-order valence-electron chi connectivity index (χ3n) is 22.1. The van der Waals surface area contributed by atoms with E-state index in [4.69, 9.17) is 37.0 Å². The fourth-order valence-electron chi connectivity index (χ4n) is 14.2. The average molecular weight is 1610 g/mol. The molecule has 17 nitrogen and oxygen atoms in total. The summed E-state index contributed by atoms with van der Waals surface area (Å²) in [5.41, 5.74) is 0. The monoisotopic (exact) mass is 1610 g/mol. The van der Waals surface area contributed by atoms with Gasteiger partial charge in [0, 0.05) is 25.7 Å². The summed E-state index contributed by atoms with van der Waals surface area (Å²) in [6.45, 7) is 12.1. The van der Waals surface area contributed by atoms with Crippen molar-refractivity contribution in [2.24, 2.45) is 17.8 Å². The molecule has 0 heterocycles. The maximum absolute atomic E-state index is 13.2. The van der Waals surface area contributed by atoms with Crippen molar-refractivity contribution in [3.63, 3.8) is 0 Å². The van der Waals surface area contributed by atoms with Crippen molar-refractivity contribution < 1.29 is 80.2 Å². The maximum atomic E-state index is 13.2. The molecule has 19 heteroatoms. The van der Waals surface area contributed by atoms with Crippen LogP contribution in [0.25, 0.3) is 0 Å². The van der Waals surface area contributed by atoms with Gasteiger partial charge in [0.2, 0.25) is 0 Å². The van der Waals surface area contributed by atoms with E-state index in [1.165, 1.54) is 295 Å².